The van der Waals surface area contributed by atoms with E-state index in [-0.39, 0.29) is 5.92 Å². The van der Waals surface area contributed by atoms with E-state index >= 15 is 0 Å². The van der Waals surface area contributed by atoms with Crippen molar-refractivity contribution in [3.63, 3.8) is 0 Å². The Bertz CT molecular complexity index is 2210. The highest BCUT2D eigenvalue weighted by atomic mass is 79.9. The van der Waals surface area contributed by atoms with Crippen molar-refractivity contribution in [2.75, 3.05) is 0 Å². The first-order valence-corrected chi connectivity index (χ1v) is 18.8. The predicted molar refractivity (Wildman–Crippen MR) is 215 cm³/mol. The number of hydrogen-bond acceptors (Lipinski definition) is 0. The maximum absolute atomic E-state index is 7.29. The van der Waals surface area contributed by atoms with Crippen LogP contribution in [-0.4, -0.2) is 0 Å². The van der Waals surface area contributed by atoms with Crippen LogP contribution in [0.15, 0.2) is 165 Å². The largest absolute Gasteiger partial charge is 0.0843 e. The zero-order valence-electron chi connectivity index (χ0n) is 25.3. The molecule has 236 valence electrons. The minimum Gasteiger partial charge on any atom is -0.0843 e. The summed E-state index contributed by atoms with van der Waals surface area (Å²) in [7, 11) is 0. The van der Waals surface area contributed by atoms with E-state index in [0.717, 1.165) is 63.5 Å². The fourth-order valence-corrected chi connectivity index (χ4v) is 9.44. The van der Waals surface area contributed by atoms with E-state index in [2.05, 4.69) is 163 Å². The number of benzene rings is 6. The highest BCUT2D eigenvalue weighted by molar-refractivity contribution is 9.12. The predicted octanol–water partition coefficient (Wildman–Crippen LogP) is 14.7. The molecule has 1 aliphatic carbocycles. The summed E-state index contributed by atoms with van der Waals surface area (Å²) in [6.07, 6.45) is 0. The Hall–Kier alpha value is -2.89. The highest BCUT2D eigenvalue weighted by Crippen LogP contribution is 2.66. The fraction of sp³-hybridized carbons (Fsp3) is 0.0476. The Morgan fingerprint density at radius 2 is 1.19 bits per heavy atom. The molecular formula is C42H26Br3Cl3. The van der Waals surface area contributed by atoms with Crippen molar-refractivity contribution < 1.29 is 0 Å². The van der Waals surface area contributed by atoms with Crippen molar-refractivity contribution in [1.29, 1.82) is 0 Å². The van der Waals surface area contributed by atoms with Gasteiger partial charge in [0.05, 0.1) is 5.41 Å². The smallest absolute Gasteiger partial charge is 0.0574 e. The molecule has 0 radical (unpaired) electrons. The molecule has 0 nitrogen and oxygen atoms in total. The van der Waals surface area contributed by atoms with Gasteiger partial charge in [-0.25, -0.2) is 0 Å². The molecule has 6 heteroatoms. The molecule has 0 fully saturated rings. The lowest BCUT2D eigenvalue weighted by Gasteiger charge is -2.50. The van der Waals surface area contributed by atoms with Crippen molar-refractivity contribution in [3.8, 4) is 0 Å². The van der Waals surface area contributed by atoms with Crippen LogP contribution in [0.2, 0.25) is 15.1 Å². The van der Waals surface area contributed by atoms with Gasteiger partial charge in [-0.15, -0.1) is 0 Å². The van der Waals surface area contributed by atoms with Gasteiger partial charge in [0.2, 0.25) is 0 Å². The van der Waals surface area contributed by atoms with E-state index in [4.69, 9.17) is 34.8 Å². The van der Waals surface area contributed by atoms with Crippen LogP contribution in [0.4, 0.5) is 0 Å². The molecular weight excluding hydrogens is 851 g/mol. The fourth-order valence-electron chi connectivity index (χ4n) is 7.10. The third kappa shape index (κ3) is 5.98. The third-order valence-electron chi connectivity index (χ3n) is 8.96. The molecule has 0 bridgehead atoms. The molecule has 2 atom stereocenters. The van der Waals surface area contributed by atoms with Crippen molar-refractivity contribution in [2.24, 2.45) is 0 Å². The lowest BCUT2D eigenvalue weighted by molar-refractivity contribution is 0.595. The van der Waals surface area contributed by atoms with Gasteiger partial charge in [0.15, 0.2) is 0 Å². The quantitative estimate of drug-likeness (QED) is 0.156. The van der Waals surface area contributed by atoms with E-state index in [1.807, 2.05) is 36.4 Å². The van der Waals surface area contributed by atoms with Gasteiger partial charge in [-0.05, 0) is 109 Å². The van der Waals surface area contributed by atoms with E-state index in [1.54, 1.807) is 0 Å². The lowest BCUT2D eigenvalue weighted by atomic mass is 9.52. The molecule has 1 aliphatic rings. The summed E-state index contributed by atoms with van der Waals surface area (Å²) in [5, 5.41) is 1.98. The first-order valence-electron chi connectivity index (χ1n) is 15.3. The van der Waals surface area contributed by atoms with Gasteiger partial charge < -0.3 is 0 Å². The minimum absolute atomic E-state index is 0.278. The lowest BCUT2D eigenvalue weighted by Crippen LogP contribution is -2.40. The molecule has 0 spiro atoms. The molecule has 2 unspecified atom stereocenters. The van der Waals surface area contributed by atoms with Crippen molar-refractivity contribution in [3.05, 3.63) is 214 Å². The van der Waals surface area contributed by atoms with Gasteiger partial charge in [-0.1, -0.05) is 170 Å². The van der Waals surface area contributed by atoms with Crippen LogP contribution in [0.5, 0.6) is 0 Å². The summed E-state index contributed by atoms with van der Waals surface area (Å²) in [5.41, 5.74) is 8.63. The highest BCUT2D eigenvalue weighted by Gasteiger charge is 2.53. The molecule has 0 saturated heterocycles. The molecule has 0 heterocycles. The first-order chi connectivity index (χ1) is 23.3. The molecule has 48 heavy (non-hydrogen) atoms. The van der Waals surface area contributed by atoms with Gasteiger partial charge in [-0.2, -0.15) is 0 Å². The Morgan fingerprint density at radius 1 is 0.521 bits per heavy atom. The van der Waals surface area contributed by atoms with Crippen molar-refractivity contribution >= 4 is 99.3 Å². The van der Waals surface area contributed by atoms with Crippen molar-refractivity contribution in [2.45, 2.75) is 11.3 Å². The maximum Gasteiger partial charge on any atom is 0.0574 e. The molecule has 6 aromatic rings. The second kappa shape index (κ2) is 14.2. The Kier molecular flexibility index (Phi) is 9.91. The summed E-state index contributed by atoms with van der Waals surface area (Å²) >= 11 is 32.7. The van der Waals surface area contributed by atoms with Gasteiger partial charge in [0, 0.05) is 40.0 Å². The molecule has 6 aromatic carbocycles. The van der Waals surface area contributed by atoms with Crippen LogP contribution in [0.25, 0.3) is 16.7 Å². The van der Waals surface area contributed by atoms with Gasteiger partial charge in [-0.3, -0.25) is 0 Å². The number of allylic oxidation sites excluding steroid dienone is 4. The van der Waals surface area contributed by atoms with Crippen molar-refractivity contribution in [1.82, 2.24) is 0 Å². The van der Waals surface area contributed by atoms with Crippen LogP contribution in [-0.2, 0) is 5.41 Å². The maximum atomic E-state index is 7.29. The second-order valence-electron chi connectivity index (χ2n) is 11.6. The Labute approximate surface area is 321 Å². The molecule has 0 saturated carbocycles. The number of hydrogen-bond donors (Lipinski definition) is 0. The number of halogens is 6. The Balaban J connectivity index is 1.81. The van der Waals surface area contributed by atoms with E-state index in [9.17, 15) is 0 Å². The average molecular weight is 877 g/mol. The summed E-state index contributed by atoms with van der Waals surface area (Å²) in [6, 6.07) is 52.2. The molecule has 0 aliphatic heterocycles. The topological polar surface area (TPSA) is 0 Å². The van der Waals surface area contributed by atoms with E-state index in [1.165, 1.54) is 0 Å². The van der Waals surface area contributed by atoms with E-state index < -0.39 is 5.41 Å². The van der Waals surface area contributed by atoms with Crippen LogP contribution < -0.4 is 0 Å². The molecule has 0 N–H and O–H groups in total. The zero-order chi connectivity index (χ0) is 33.4. The standard InChI is InChI=1S/C42H26Br3Cl3/c43-30-14-9-13-29(25-30)42(28-11-2-1-3-12-28)39(33-16-4-6-18-35(33)44)38(27-10-8-15-32(47)24-27)41(45)37(26-20-22-31(46)23-21-26)40(42)34-17-5-7-19-36(34)48/h1-25,39H. The summed E-state index contributed by atoms with van der Waals surface area (Å²) < 4.78 is 2.92. The van der Waals surface area contributed by atoms with Crippen LogP contribution >= 0.6 is 82.6 Å². The summed E-state index contributed by atoms with van der Waals surface area (Å²) in [5.74, 6) is -0.278. The first kappa shape index (κ1) is 33.6. The molecule has 7 rings (SSSR count). The SMILES string of the molecule is Clc1ccc(C2=C(c3ccccc3Cl)C(c3ccccc3)(c3cccc(Br)c3)C(c3ccccc3Br)C(c3cccc(Cl)c3)=C2Br)cc1. The van der Waals surface area contributed by atoms with Gasteiger partial charge in [0.1, 0.15) is 0 Å². The molecule has 0 amide bonds. The van der Waals surface area contributed by atoms with Gasteiger partial charge in [0.25, 0.3) is 0 Å². The third-order valence-corrected chi connectivity index (χ3v) is 11.8. The molecule has 0 aromatic heterocycles. The number of rotatable bonds is 6. The van der Waals surface area contributed by atoms with Crippen LogP contribution in [0.3, 0.4) is 0 Å². The second-order valence-corrected chi connectivity index (χ2v) is 15.5. The normalized spacial score (nSPS) is 17.9. The summed E-state index contributed by atoms with van der Waals surface area (Å²) in [4.78, 5) is 0. The minimum atomic E-state index is -0.830. The van der Waals surface area contributed by atoms with Crippen LogP contribution in [0, 0.1) is 0 Å². The average Bonchev–Trinajstić information content (AvgIpc) is 3.09. The monoisotopic (exact) mass is 872 g/mol. The summed E-state index contributed by atoms with van der Waals surface area (Å²) in [6.45, 7) is 0. The van der Waals surface area contributed by atoms with Gasteiger partial charge >= 0.3 is 0 Å². The van der Waals surface area contributed by atoms with Crippen LogP contribution in [0.1, 0.15) is 39.3 Å². The Morgan fingerprint density at radius 3 is 1.90 bits per heavy atom. The van der Waals surface area contributed by atoms with E-state index in [0.29, 0.717) is 15.1 Å². The zero-order valence-corrected chi connectivity index (χ0v) is 32.3.